The van der Waals surface area contributed by atoms with Crippen LogP contribution in [0.5, 0.6) is 0 Å². The van der Waals surface area contributed by atoms with Gasteiger partial charge in [-0.1, -0.05) is 41.9 Å². The quantitative estimate of drug-likeness (QED) is 0.511. The lowest BCUT2D eigenvalue weighted by Gasteiger charge is -2.05. The van der Waals surface area contributed by atoms with E-state index in [0.29, 0.717) is 5.56 Å². The van der Waals surface area contributed by atoms with Gasteiger partial charge in [-0.15, -0.1) is 0 Å². The van der Waals surface area contributed by atoms with Gasteiger partial charge in [0.2, 0.25) is 5.78 Å². The summed E-state index contributed by atoms with van der Waals surface area (Å²) >= 11 is 5.72. The number of carbonyl (C=O) groups excluding carboxylic acids is 1. The number of carboxylic acid groups (broad SMARTS) is 1. The molecule has 2 N–H and O–H groups in total. The number of allylic oxidation sites excluding steroid dienone is 1. The van der Waals surface area contributed by atoms with Crippen LogP contribution in [0.15, 0.2) is 54.3 Å². The van der Waals surface area contributed by atoms with E-state index >= 15 is 0 Å². The maximum absolute atomic E-state index is 12.2. The molecule has 0 saturated carbocycles. The Kier molecular flexibility index (Phi) is 4.40. The summed E-state index contributed by atoms with van der Waals surface area (Å²) in [4.78, 5) is 23.3. The molecule has 0 unspecified atom stereocenters. The fraction of sp³-hybridized carbons (Fsp3) is 0. The molecule has 0 atom stereocenters. The van der Waals surface area contributed by atoms with E-state index in [1.165, 1.54) is 24.3 Å². The highest BCUT2D eigenvalue weighted by Crippen LogP contribution is 2.19. The number of Topliss-reactive ketones (excluding diaryl/α,β-unsaturated/α-hetero) is 1. The Bertz CT molecular complexity index is 720. The van der Waals surface area contributed by atoms with Crippen molar-refractivity contribution in [3.05, 3.63) is 76.0 Å². The lowest BCUT2D eigenvalue weighted by Crippen LogP contribution is -2.10. The smallest absolute Gasteiger partial charge is 0.336 e. The van der Waals surface area contributed by atoms with Gasteiger partial charge in [-0.25, -0.2) is 4.79 Å². The number of ketones is 1. The lowest BCUT2D eigenvalue weighted by molar-refractivity contribution is 0.0692. The molecule has 0 radical (unpaired) electrons. The summed E-state index contributed by atoms with van der Waals surface area (Å²) in [5.41, 5.74) is 0.270. The summed E-state index contributed by atoms with van der Waals surface area (Å²) in [5.74, 6) is -2.59. The Morgan fingerprint density at radius 3 is 2.24 bits per heavy atom. The molecule has 0 spiro atoms. The summed E-state index contributed by atoms with van der Waals surface area (Å²) < 4.78 is 0. The number of hydrogen-bond donors (Lipinski definition) is 2. The van der Waals surface area contributed by atoms with Crippen LogP contribution in [0.3, 0.4) is 0 Å². The molecule has 106 valence electrons. The van der Waals surface area contributed by atoms with Crippen molar-refractivity contribution >= 4 is 29.4 Å². The van der Waals surface area contributed by atoms with Crippen LogP contribution < -0.4 is 0 Å². The average molecular weight is 303 g/mol. The number of rotatable bonds is 4. The number of carbonyl (C=O) groups is 2. The first-order chi connectivity index (χ1) is 9.99. The van der Waals surface area contributed by atoms with E-state index in [1.807, 2.05) is 0 Å². The molecule has 0 heterocycles. The van der Waals surface area contributed by atoms with Gasteiger partial charge < -0.3 is 10.2 Å². The Labute approximate surface area is 125 Å². The van der Waals surface area contributed by atoms with Crippen LogP contribution in [-0.2, 0) is 0 Å². The van der Waals surface area contributed by atoms with Gasteiger partial charge >= 0.3 is 5.97 Å². The molecule has 0 amide bonds. The van der Waals surface area contributed by atoms with Gasteiger partial charge in [-0.3, -0.25) is 4.79 Å². The molecule has 0 bridgehead atoms. The molecule has 4 nitrogen and oxygen atoms in total. The summed E-state index contributed by atoms with van der Waals surface area (Å²) in [5, 5.41) is 19.2. The molecule has 0 saturated heterocycles. The Balaban J connectivity index is 2.41. The highest BCUT2D eigenvalue weighted by atomic mass is 35.5. The van der Waals surface area contributed by atoms with Crippen LogP contribution in [0.4, 0.5) is 0 Å². The van der Waals surface area contributed by atoms with Crippen molar-refractivity contribution in [3.63, 3.8) is 0 Å². The van der Waals surface area contributed by atoms with Crippen LogP contribution in [0.2, 0.25) is 5.02 Å². The first-order valence-corrected chi connectivity index (χ1v) is 6.40. The molecule has 0 aliphatic rings. The summed E-state index contributed by atoms with van der Waals surface area (Å²) in [6, 6.07) is 12.6. The fourth-order valence-electron chi connectivity index (χ4n) is 1.80. The van der Waals surface area contributed by atoms with Crippen molar-refractivity contribution in [2.24, 2.45) is 0 Å². The predicted octanol–water partition coefficient (Wildman–Crippen LogP) is 3.82. The second-order valence-electron chi connectivity index (χ2n) is 4.26. The highest BCUT2D eigenvalue weighted by molar-refractivity contribution is 6.31. The van der Waals surface area contributed by atoms with Gasteiger partial charge in [0.1, 0.15) is 0 Å². The Morgan fingerprint density at radius 1 is 0.952 bits per heavy atom. The largest absolute Gasteiger partial charge is 0.504 e. The zero-order valence-electron chi connectivity index (χ0n) is 10.8. The van der Waals surface area contributed by atoms with Gasteiger partial charge in [0.25, 0.3) is 0 Å². The van der Waals surface area contributed by atoms with Crippen LogP contribution in [-0.4, -0.2) is 22.0 Å². The maximum atomic E-state index is 12.2. The third-order valence-electron chi connectivity index (χ3n) is 2.79. The zero-order chi connectivity index (χ0) is 15.4. The molecule has 2 aromatic carbocycles. The number of aliphatic hydroxyl groups excluding tert-OH is 1. The molecule has 21 heavy (non-hydrogen) atoms. The molecule has 2 rings (SSSR count). The fourth-order valence-corrected chi connectivity index (χ4v) is 1.97. The normalized spacial score (nSPS) is 11.2. The number of aliphatic hydroxyl groups is 1. The minimum Gasteiger partial charge on any atom is -0.504 e. The number of benzene rings is 2. The van der Waals surface area contributed by atoms with Gasteiger partial charge in [0, 0.05) is 10.6 Å². The van der Waals surface area contributed by atoms with E-state index in [1.54, 1.807) is 30.3 Å². The van der Waals surface area contributed by atoms with Crippen molar-refractivity contribution in [3.8, 4) is 0 Å². The number of hydrogen-bond acceptors (Lipinski definition) is 3. The molecule has 0 aliphatic carbocycles. The average Bonchev–Trinajstić information content (AvgIpc) is 2.47. The van der Waals surface area contributed by atoms with Crippen molar-refractivity contribution in [1.82, 2.24) is 0 Å². The van der Waals surface area contributed by atoms with Crippen LogP contribution in [0.25, 0.3) is 6.08 Å². The Hall–Kier alpha value is -2.59. The second kappa shape index (κ2) is 6.24. The number of halogens is 1. The van der Waals surface area contributed by atoms with Crippen LogP contribution in [0.1, 0.15) is 26.3 Å². The number of carboxylic acids is 1. The van der Waals surface area contributed by atoms with Crippen molar-refractivity contribution in [2.45, 2.75) is 0 Å². The van der Waals surface area contributed by atoms with E-state index < -0.39 is 17.5 Å². The van der Waals surface area contributed by atoms with E-state index in [-0.39, 0.29) is 16.1 Å². The molecular weight excluding hydrogens is 292 g/mol. The summed E-state index contributed by atoms with van der Waals surface area (Å²) in [7, 11) is 0. The zero-order valence-corrected chi connectivity index (χ0v) is 11.5. The number of aromatic carboxylic acids is 1. The molecule has 0 fully saturated rings. The topological polar surface area (TPSA) is 74.6 Å². The minimum atomic E-state index is -1.28. The molecule has 5 heteroatoms. The lowest BCUT2D eigenvalue weighted by atomic mass is 10.0. The van der Waals surface area contributed by atoms with E-state index in [0.717, 1.165) is 0 Å². The third kappa shape index (κ3) is 3.49. The van der Waals surface area contributed by atoms with E-state index in [2.05, 4.69) is 0 Å². The first kappa shape index (κ1) is 14.8. The van der Waals surface area contributed by atoms with Gasteiger partial charge in [-0.05, 0) is 29.8 Å². The van der Waals surface area contributed by atoms with E-state index in [4.69, 9.17) is 16.7 Å². The minimum absolute atomic E-state index is 0.114. The van der Waals surface area contributed by atoms with Gasteiger partial charge in [0.05, 0.1) is 5.56 Å². The molecule has 0 aromatic heterocycles. The monoisotopic (exact) mass is 302 g/mol. The van der Waals surface area contributed by atoms with Crippen LogP contribution >= 0.6 is 11.6 Å². The Morgan fingerprint density at radius 2 is 1.62 bits per heavy atom. The maximum Gasteiger partial charge on any atom is 0.336 e. The van der Waals surface area contributed by atoms with Crippen molar-refractivity contribution in [1.29, 1.82) is 0 Å². The molecule has 0 aliphatic heterocycles. The van der Waals surface area contributed by atoms with E-state index in [9.17, 15) is 14.7 Å². The standard InChI is InChI=1S/C16H11ClO4/c17-11-6-7-12(13(9-11)16(20)21)15(19)14(18)8-10-4-2-1-3-5-10/h1-9,18H,(H,20,21). The second-order valence-corrected chi connectivity index (χ2v) is 4.70. The summed E-state index contributed by atoms with van der Waals surface area (Å²) in [6.45, 7) is 0. The van der Waals surface area contributed by atoms with Gasteiger partial charge in [-0.2, -0.15) is 0 Å². The first-order valence-electron chi connectivity index (χ1n) is 6.02. The SMILES string of the molecule is O=C(O)c1cc(Cl)ccc1C(=O)C(O)=Cc1ccccc1. The third-order valence-corrected chi connectivity index (χ3v) is 3.03. The van der Waals surface area contributed by atoms with Gasteiger partial charge in [0.15, 0.2) is 5.76 Å². The highest BCUT2D eigenvalue weighted by Gasteiger charge is 2.19. The van der Waals surface area contributed by atoms with Crippen LogP contribution in [0, 0.1) is 0 Å². The predicted molar refractivity (Wildman–Crippen MR) is 79.8 cm³/mol. The molecular formula is C16H11ClO4. The molecule has 2 aromatic rings. The van der Waals surface area contributed by atoms with Crippen molar-refractivity contribution < 1.29 is 19.8 Å². The summed E-state index contributed by atoms with van der Waals surface area (Å²) in [6.07, 6.45) is 1.28. The van der Waals surface area contributed by atoms with Crippen molar-refractivity contribution in [2.75, 3.05) is 0 Å².